The summed E-state index contributed by atoms with van der Waals surface area (Å²) in [6.07, 6.45) is 0.143. The van der Waals surface area contributed by atoms with Gasteiger partial charge in [-0.2, -0.15) is 4.31 Å². The predicted molar refractivity (Wildman–Crippen MR) is 137 cm³/mol. The molecule has 3 rings (SSSR count). The Balaban J connectivity index is 1.68. The minimum absolute atomic E-state index is 0.0131. The van der Waals surface area contributed by atoms with E-state index < -0.39 is 15.9 Å². The maximum atomic E-state index is 13.1. The molecular weight excluding hydrogens is 466 g/mol. The lowest BCUT2D eigenvalue weighted by Crippen LogP contribution is -2.34. The average molecular weight is 498 g/mol. The zero-order valence-electron chi connectivity index (χ0n) is 20.2. The molecule has 0 bridgehead atoms. The molecule has 0 unspecified atom stereocenters. The minimum Gasteiger partial charge on any atom is -0.492 e. The smallest absolute Gasteiger partial charge is 0.246 e. The van der Waals surface area contributed by atoms with E-state index in [4.69, 9.17) is 4.74 Å². The fraction of sp³-hybridized carbons (Fsp3) is 0.308. The molecule has 0 aliphatic heterocycles. The highest BCUT2D eigenvalue weighted by molar-refractivity contribution is 7.89. The molecule has 0 aliphatic rings. The van der Waals surface area contributed by atoms with Crippen molar-refractivity contribution in [3.05, 3.63) is 66.2 Å². The number of amides is 2. The third kappa shape index (κ3) is 6.37. The summed E-state index contributed by atoms with van der Waals surface area (Å²) in [5.41, 5.74) is 1.17. The van der Waals surface area contributed by atoms with Crippen LogP contribution < -0.4 is 15.4 Å². The molecule has 0 aliphatic carbocycles. The van der Waals surface area contributed by atoms with Crippen LogP contribution in [0, 0.1) is 0 Å². The number of fused-ring (bicyclic) bond motifs is 1. The minimum atomic E-state index is -3.80. The number of hydrogen-bond donors (Lipinski definition) is 2. The number of carbonyl (C=O) groups excluding carboxylic acids is 2. The highest BCUT2D eigenvalue weighted by atomic mass is 32.2. The van der Waals surface area contributed by atoms with E-state index in [0.29, 0.717) is 25.4 Å². The lowest BCUT2D eigenvalue weighted by atomic mass is 10.0. The maximum Gasteiger partial charge on any atom is 0.246 e. The summed E-state index contributed by atoms with van der Waals surface area (Å²) in [7, 11) is -3.80. The van der Waals surface area contributed by atoms with Gasteiger partial charge in [0.25, 0.3) is 0 Å². The second kappa shape index (κ2) is 11.8. The van der Waals surface area contributed by atoms with Crippen LogP contribution in [0.1, 0.15) is 26.3 Å². The van der Waals surface area contributed by atoms with Crippen molar-refractivity contribution < 1.29 is 22.7 Å². The van der Waals surface area contributed by atoms with Crippen molar-refractivity contribution in [3.63, 3.8) is 0 Å². The fourth-order valence-electron chi connectivity index (χ4n) is 3.83. The molecule has 0 aromatic heterocycles. The first-order valence-electron chi connectivity index (χ1n) is 11.6. The molecule has 2 amide bonds. The lowest BCUT2D eigenvalue weighted by Gasteiger charge is -2.21. The van der Waals surface area contributed by atoms with Gasteiger partial charge in [-0.25, -0.2) is 8.42 Å². The first-order chi connectivity index (χ1) is 16.8. The fourth-order valence-corrected chi connectivity index (χ4v) is 5.45. The molecule has 186 valence electrons. The molecule has 0 radical (unpaired) electrons. The van der Waals surface area contributed by atoms with Gasteiger partial charge in [0, 0.05) is 18.8 Å². The first kappa shape index (κ1) is 26.2. The topological polar surface area (TPSA) is 105 Å². The summed E-state index contributed by atoms with van der Waals surface area (Å²) in [6, 6.07) is 18.0. The quantitative estimate of drug-likeness (QED) is 0.421. The number of carbonyl (C=O) groups is 2. The number of nitrogens with one attached hydrogen (secondary N) is 2. The summed E-state index contributed by atoms with van der Waals surface area (Å²) >= 11 is 0. The maximum absolute atomic E-state index is 13.1. The monoisotopic (exact) mass is 497 g/mol. The Labute approximate surface area is 206 Å². The van der Waals surface area contributed by atoms with E-state index in [9.17, 15) is 18.0 Å². The molecule has 0 fully saturated rings. The third-order valence-corrected chi connectivity index (χ3v) is 7.60. The molecule has 0 heterocycles. The van der Waals surface area contributed by atoms with Gasteiger partial charge in [-0.15, -0.1) is 0 Å². The Morgan fingerprint density at radius 3 is 2.34 bits per heavy atom. The highest BCUT2D eigenvalue weighted by Gasteiger charge is 2.26. The van der Waals surface area contributed by atoms with Crippen molar-refractivity contribution in [2.45, 2.75) is 32.1 Å². The molecular formula is C26H31N3O5S. The average Bonchev–Trinajstić information content (AvgIpc) is 2.84. The van der Waals surface area contributed by atoms with Crippen LogP contribution in [-0.2, 0) is 26.0 Å². The normalized spacial score (nSPS) is 11.4. The standard InChI is InChI=1S/C26H31N3O5S/c1-4-29(5-2)35(32,33)24-17-21(14-15-23(24)34-6-3)28-26(31)18-27-25(30)16-20-12-9-11-19-10-7-8-13-22(19)20/h7-15,17H,4-6,16,18H2,1-3H3,(H,27,30)(H,28,31). The third-order valence-electron chi connectivity index (χ3n) is 5.53. The van der Waals surface area contributed by atoms with Gasteiger partial charge >= 0.3 is 0 Å². The van der Waals surface area contributed by atoms with Gasteiger partial charge in [0.05, 0.1) is 19.6 Å². The lowest BCUT2D eigenvalue weighted by molar-refractivity contribution is -0.123. The zero-order chi connectivity index (χ0) is 25.4. The van der Waals surface area contributed by atoms with E-state index in [-0.39, 0.29) is 29.5 Å². The molecule has 9 heteroatoms. The van der Waals surface area contributed by atoms with Crippen LogP contribution in [0.2, 0.25) is 0 Å². The van der Waals surface area contributed by atoms with E-state index in [1.54, 1.807) is 26.8 Å². The van der Waals surface area contributed by atoms with E-state index in [2.05, 4.69) is 10.6 Å². The van der Waals surface area contributed by atoms with Gasteiger partial charge in [0.2, 0.25) is 21.8 Å². The van der Waals surface area contributed by atoms with Crippen molar-refractivity contribution >= 4 is 38.3 Å². The number of hydrogen-bond acceptors (Lipinski definition) is 5. The summed E-state index contributed by atoms with van der Waals surface area (Å²) in [6.45, 7) is 5.96. The van der Waals surface area contributed by atoms with Crippen LogP contribution in [0.4, 0.5) is 5.69 Å². The summed E-state index contributed by atoms with van der Waals surface area (Å²) in [5, 5.41) is 7.32. The van der Waals surface area contributed by atoms with Gasteiger partial charge < -0.3 is 15.4 Å². The molecule has 3 aromatic rings. The van der Waals surface area contributed by atoms with Crippen LogP contribution in [0.15, 0.2) is 65.6 Å². The van der Waals surface area contributed by atoms with Crippen molar-refractivity contribution in [2.24, 2.45) is 0 Å². The van der Waals surface area contributed by atoms with E-state index >= 15 is 0 Å². The van der Waals surface area contributed by atoms with Crippen molar-refractivity contribution in [1.29, 1.82) is 0 Å². The molecule has 0 atom stereocenters. The zero-order valence-corrected chi connectivity index (χ0v) is 21.0. The Bertz CT molecular complexity index is 1300. The molecule has 35 heavy (non-hydrogen) atoms. The molecule has 0 spiro atoms. The molecule has 8 nitrogen and oxygen atoms in total. The van der Waals surface area contributed by atoms with Crippen molar-refractivity contribution in [3.8, 4) is 5.75 Å². The molecule has 3 aromatic carbocycles. The summed E-state index contributed by atoms with van der Waals surface area (Å²) < 4.78 is 33.0. The summed E-state index contributed by atoms with van der Waals surface area (Å²) in [4.78, 5) is 24.9. The van der Waals surface area contributed by atoms with Gasteiger partial charge in [-0.3, -0.25) is 9.59 Å². The molecule has 0 saturated carbocycles. The van der Waals surface area contributed by atoms with Crippen LogP contribution in [-0.4, -0.2) is 50.8 Å². The van der Waals surface area contributed by atoms with Gasteiger partial charge in [-0.1, -0.05) is 56.3 Å². The predicted octanol–water partition coefficient (Wildman–Crippen LogP) is 3.57. The van der Waals surface area contributed by atoms with Crippen LogP contribution >= 0.6 is 0 Å². The van der Waals surface area contributed by atoms with Crippen molar-refractivity contribution in [1.82, 2.24) is 9.62 Å². The van der Waals surface area contributed by atoms with Crippen molar-refractivity contribution in [2.75, 3.05) is 31.6 Å². The Hall–Kier alpha value is -3.43. The summed E-state index contributed by atoms with van der Waals surface area (Å²) in [5.74, 6) is -0.527. The second-order valence-electron chi connectivity index (χ2n) is 7.82. The molecule has 2 N–H and O–H groups in total. The van der Waals surface area contributed by atoms with Gasteiger partial charge in [-0.05, 0) is 41.5 Å². The Kier molecular flexibility index (Phi) is 8.84. The van der Waals surface area contributed by atoms with Gasteiger partial charge in [0.1, 0.15) is 10.6 Å². The number of sulfonamides is 1. The SMILES string of the molecule is CCOc1ccc(NC(=O)CNC(=O)Cc2cccc3ccccc23)cc1S(=O)(=O)N(CC)CC. The highest BCUT2D eigenvalue weighted by Crippen LogP contribution is 2.30. The van der Waals surface area contributed by atoms with Crippen LogP contribution in [0.5, 0.6) is 5.75 Å². The Morgan fingerprint density at radius 2 is 1.63 bits per heavy atom. The number of rotatable bonds is 11. The number of ether oxygens (including phenoxy) is 1. The van der Waals surface area contributed by atoms with E-state index in [1.807, 2.05) is 42.5 Å². The number of nitrogens with zero attached hydrogens (tertiary/aromatic N) is 1. The van der Waals surface area contributed by atoms with Crippen LogP contribution in [0.25, 0.3) is 10.8 Å². The first-order valence-corrected chi connectivity index (χ1v) is 13.0. The number of anilines is 1. The molecule has 0 saturated heterocycles. The van der Waals surface area contributed by atoms with E-state index in [0.717, 1.165) is 16.3 Å². The number of benzene rings is 3. The second-order valence-corrected chi connectivity index (χ2v) is 9.73. The van der Waals surface area contributed by atoms with Crippen LogP contribution in [0.3, 0.4) is 0 Å². The van der Waals surface area contributed by atoms with Gasteiger partial charge in [0.15, 0.2) is 0 Å². The van der Waals surface area contributed by atoms with E-state index in [1.165, 1.54) is 16.4 Å². The largest absolute Gasteiger partial charge is 0.492 e. The Morgan fingerprint density at radius 1 is 0.914 bits per heavy atom.